The first kappa shape index (κ1) is 15.6. The Bertz CT molecular complexity index is 450. The van der Waals surface area contributed by atoms with Crippen molar-refractivity contribution in [1.82, 2.24) is 4.72 Å². The molecule has 0 amide bonds. The van der Waals surface area contributed by atoms with E-state index >= 15 is 0 Å². The van der Waals surface area contributed by atoms with Gasteiger partial charge in [-0.25, -0.2) is 13.1 Å². The van der Waals surface area contributed by atoms with E-state index in [0.717, 1.165) is 4.88 Å². The van der Waals surface area contributed by atoms with Gasteiger partial charge in [0.2, 0.25) is 10.0 Å². The van der Waals surface area contributed by atoms with Crippen LogP contribution in [0, 0.1) is 0 Å². The molecule has 4 nitrogen and oxygen atoms in total. The Hall–Kier alpha value is -0.430. The number of nitrogens with one attached hydrogen (secondary N) is 1. The first-order valence-electron chi connectivity index (χ1n) is 5.90. The Morgan fingerprint density at radius 3 is 2.61 bits per heavy atom. The van der Waals surface area contributed by atoms with Gasteiger partial charge in [-0.05, 0) is 39.1 Å². The van der Waals surface area contributed by atoms with Gasteiger partial charge in [-0.1, -0.05) is 6.07 Å². The zero-order valence-electron chi connectivity index (χ0n) is 11.3. The number of thiophene rings is 1. The van der Waals surface area contributed by atoms with Crippen molar-refractivity contribution in [1.29, 1.82) is 0 Å². The van der Waals surface area contributed by atoms with Crippen LogP contribution in [-0.2, 0) is 20.3 Å². The standard InChI is InChI=1S/C12H21NO3S2/c1-10(2)16-7-9-18(14,15)13-12(3,4)11-6-5-8-17-11/h5-6,8,10,13H,7,9H2,1-4H3. The maximum Gasteiger partial charge on any atom is 0.214 e. The van der Waals surface area contributed by atoms with Crippen molar-refractivity contribution < 1.29 is 13.2 Å². The third kappa shape index (κ3) is 5.06. The van der Waals surface area contributed by atoms with E-state index in [1.54, 1.807) is 11.3 Å². The molecule has 0 spiro atoms. The van der Waals surface area contributed by atoms with Gasteiger partial charge < -0.3 is 4.74 Å². The van der Waals surface area contributed by atoms with Gasteiger partial charge in [0.15, 0.2) is 0 Å². The van der Waals surface area contributed by atoms with E-state index in [9.17, 15) is 8.42 Å². The molecule has 0 radical (unpaired) electrons. The molecule has 0 aromatic carbocycles. The summed E-state index contributed by atoms with van der Waals surface area (Å²) < 4.78 is 31.9. The molecule has 6 heteroatoms. The van der Waals surface area contributed by atoms with Crippen LogP contribution in [0.1, 0.15) is 32.6 Å². The van der Waals surface area contributed by atoms with Crippen molar-refractivity contribution in [2.75, 3.05) is 12.4 Å². The van der Waals surface area contributed by atoms with E-state index in [2.05, 4.69) is 4.72 Å². The molecule has 0 aliphatic rings. The molecular weight excluding hydrogens is 270 g/mol. The summed E-state index contributed by atoms with van der Waals surface area (Å²) >= 11 is 1.54. The van der Waals surface area contributed by atoms with Crippen LogP contribution in [0.2, 0.25) is 0 Å². The summed E-state index contributed by atoms with van der Waals surface area (Å²) in [7, 11) is -3.33. The normalized spacial score (nSPS) is 13.2. The van der Waals surface area contributed by atoms with Crippen LogP contribution in [0.15, 0.2) is 17.5 Å². The van der Waals surface area contributed by atoms with Gasteiger partial charge >= 0.3 is 0 Å². The minimum atomic E-state index is -3.33. The second kappa shape index (κ2) is 6.14. The molecule has 1 aromatic rings. The topological polar surface area (TPSA) is 55.4 Å². The molecule has 0 saturated carbocycles. The van der Waals surface area contributed by atoms with Crippen LogP contribution in [0.25, 0.3) is 0 Å². The second-order valence-electron chi connectivity index (χ2n) is 4.94. The largest absolute Gasteiger partial charge is 0.378 e. The fourth-order valence-electron chi connectivity index (χ4n) is 1.52. The molecule has 1 rings (SSSR count). The van der Waals surface area contributed by atoms with E-state index in [1.807, 2.05) is 45.2 Å². The molecular formula is C12H21NO3S2. The molecule has 0 fully saturated rings. The third-order valence-corrected chi connectivity index (χ3v) is 5.07. The van der Waals surface area contributed by atoms with E-state index in [1.165, 1.54) is 0 Å². The highest BCUT2D eigenvalue weighted by molar-refractivity contribution is 7.89. The van der Waals surface area contributed by atoms with E-state index < -0.39 is 15.6 Å². The summed E-state index contributed by atoms with van der Waals surface area (Å²) in [5.74, 6) is -0.0139. The smallest absolute Gasteiger partial charge is 0.214 e. The summed E-state index contributed by atoms with van der Waals surface area (Å²) in [5.41, 5.74) is -0.579. The van der Waals surface area contributed by atoms with Crippen molar-refractivity contribution in [3.05, 3.63) is 22.4 Å². The zero-order valence-corrected chi connectivity index (χ0v) is 12.9. The number of rotatable bonds is 7. The molecule has 1 aromatic heterocycles. The number of hydrogen-bond acceptors (Lipinski definition) is 4. The maximum absolute atomic E-state index is 11.9. The average Bonchev–Trinajstić information content (AvgIpc) is 2.67. The van der Waals surface area contributed by atoms with Crippen molar-refractivity contribution >= 4 is 21.4 Å². The Morgan fingerprint density at radius 2 is 2.11 bits per heavy atom. The quantitative estimate of drug-likeness (QED) is 0.839. The number of sulfonamides is 1. The minimum absolute atomic E-state index is 0.0139. The lowest BCUT2D eigenvalue weighted by Gasteiger charge is -2.24. The summed E-state index contributed by atoms with van der Waals surface area (Å²) in [6.07, 6.45) is 0.0468. The Morgan fingerprint density at radius 1 is 1.44 bits per heavy atom. The molecule has 0 unspecified atom stereocenters. The van der Waals surface area contributed by atoms with Gasteiger partial charge in [-0.15, -0.1) is 11.3 Å². The van der Waals surface area contributed by atoms with Crippen molar-refractivity contribution in [3.8, 4) is 0 Å². The maximum atomic E-state index is 11.9. The molecule has 18 heavy (non-hydrogen) atoms. The highest BCUT2D eigenvalue weighted by Gasteiger charge is 2.27. The Kier molecular flexibility index (Phi) is 5.33. The predicted molar refractivity (Wildman–Crippen MR) is 75.4 cm³/mol. The fourth-order valence-corrected chi connectivity index (χ4v) is 3.69. The van der Waals surface area contributed by atoms with Crippen LogP contribution in [0.3, 0.4) is 0 Å². The highest BCUT2D eigenvalue weighted by Crippen LogP contribution is 2.25. The molecule has 0 atom stereocenters. The monoisotopic (exact) mass is 291 g/mol. The molecule has 1 heterocycles. The van der Waals surface area contributed by atoms with E-state index in [4.69, 9.17) is 4.74 Å². The minimum Gasteiger partial charge on any atom is -0.378 e. The van der Waals surface area contributed by atoms with Gasteiger partial charge in [0.25, 0.3) is 0 Å². The molecule has 0 aliphatic heterocycles. The summed E-state index contributed by atoms with van der Waals surface area (Å²) in [4.78, 5) is 0.996. The number of hydrogen-bond donors (Lipinski definition) is 1. The van der Waals surface area contributed by atoms with Gasteiger partial charge in [-0.3, -0.25) is 0 Å². The van der Waals surface area contributed by atoms with Crippen LogP contribution < -0.4 is 4.72 Å². The summed E-state index contributed by atoms with van der Waals surface area (Å²) in [6, 6.07) is 3.84. The summed E-state index contributed by atoms with van der Waals surface area (Å²) in [5, 5.41) is 1.94. The first-order valence-corrected chi connectivity index (χ1v) is 8.43. The van der Waals surface area contributed by atoms with Crippen LogP contribution >= 0.6 is 11.3 Å². The average molecular weight is 291 g/mol. The van der Waals surface area contributed by atoms with Crippen LogP contribution in [0.4, 0.5) is 0 Å². The molecule has 0 saturated heterocycles. The van der Waals surface area contributed by atoms with Crippen LogP contribution in [0.5, 0.6) is 0 Å². The van der Waals surface area contributed by atoms with E-state index in [0.29, 0.717) is 0 Å². The van der Waals surface area contributed by atoms with Gasteiger partial charge in [0.05, 0.1) is 24.0 Å². The molecule has 104 valence electrons. The van der Waals surface area contributed by atoms with Crippen molar-refractivity contribution in [2.45, 2.75) is 39.3 Å². The lowest BCUT2D eigenvalue weighted by molar-refractivity contribution is 0.0910. The fraction of sp³-hybridized carbons (Fsp3) is 0.667. The SMILES string of the molecule is CC(C)OCCS(=O)(=O)NC(C)(C)c1cccs1. The molecule has 1 N–H and O–H groups in total. The second-order valence-corrected chi connectivity index (χ2v) is 7.73. The predicted octanol–water partition coefficient (Wildman–Crippen LogP) is 2.33. The third-order valence-electron chi connectivity index (χ3n) is 2.35. The lowest BCUT2D eigenvalue weighted by Crippen LogP contribution is -2.42. The Labute approximate surface area is 113 Å². The highest BCUT2D eigenvalue weighted by atomic mass is 32.2. The van der Waals surface area contributed by atoms with Gasteiger partial charge in [0, 0.05) is 4.88 Å². The van der Waals surface area contributed by atoms with Crippen molar-refractivity contribution in [3.63, 3.8) is 0 Å². The molecule has 0 bridgehead atoms. The lowest BCUT2D eigenvalue weighted by atomic mass is 10.1. The van der Waals surface area contributed by atoms with Crippen LogP contribution in [-0.4, -0.2) is 26.9 Å². The first-order chi connectivity index (χ1) is 8.23. The van der Waals surface area contributed by atoms with Gasteiger partial charge in [-0.2, -0.15) is 0 Å². The van der Waals surface area contributed by atoms with E-state index in [-0.39, 0.29) is 18.5 Å². The molecule has 0 aliphatic carbocycles. The van der Waals surface area contributed by atoms with Gasteiger partial charge in [0.1, 0.15) is 0 Å². The van der Waals surface area contributed by atoms with Crippen molar-refractivity contribution in [2.24, 2.45) is 0 Å². The zero-order chi connectivity index (χ0) is 13.8. The Balaban J connectivity index is 2.60. The summed E-state index contributed by atoms with van der Waals surface area (Å²) in [6.45, 7) is 7.71. The number of ether oxygens (including phenoxy) is 1.